The summed E-state index contributed by atoms with van der Waals surface area (Å²) in [6, 6.07) is 5.58. The first kappa shape index (κ1) is 12.7. The van der Waals surface area contributed by atoms with Crippen molar-refractivity contribution in [3.63, 3.8) is 0 Å². The zero-order valence-corrected chi connectivity index (χ0v) is 10.4. The molecule has 0 saturated heterocycles. The molecule has 0 aliphatic heterocycles. The van der Waals surface area contributed by atoms with Crippen LogP contribution in [0, 0.1) is 0 Å². The maximum absolute atomic E-state index is 11.1. The number of hydrazine groups is 1. The van der Waals surface area contributed by atoms with Crippen LogP contribution in [0.2, 0.25) is 0 Å². The van der Waals surface area contributed by atoms with E-state index in [1.165, 1.54) is 10.9 Å². The fraction of sp³-hybridized carbons (Fsp3) is 0.273. The van der Waals surface area contributed by atoms with Crippen molar-refractivity contribution in [1.29, 1.82) is 0 Å². The number of rotatable bonds is 6. The lowest BCUT2D eigenvalue weighted by atomic mass is 10.3. The van der Waals surface area contributed by atoms with Crippen LogP contribution in [-0.4, -0.2) is 17.7 Å². The summed E-state index contributed by atoms with van der Waals surface area (Å²) >= 11 is 1.70. The summed E-state index contributed by atoms with van der Waals surface area (Å²) in [5, 5.41) is 5.60. The average molecular weight is 267 g/mol. The summed E-state index contributed by atoms with van der Waals surface area (Å²) in [6.45, 7) is 0.885. The van der Waals surface area contributed by atoms with Gasteiger partial charge in [-0.05, 0) is 11.4 Å². The van der Waals surface area contributed by atoms with Gasteiger partial charge in [-0.25, -0.2) is 5.84 Å². The Morgan fingerprint density at radius 3 is 3.22 bits per heavy atom. The van der Waals surface area contributed by atoms with Crippen LogP contribution in [0.4, 0.5) is 0 Å². The number of nitrogen functional groups attached to an aromatic ring is 1. The number of carbonyl (C=O) groups is 1. The lowest BCUT2D eigenvalue weighted by molar-refractivity contribution is 0.0940. The van der Waals surface area contributed by atoms with E-state index in [2.05, 4.69) is 11.2 Å². The third kappa shape index (κ3) is 3.39. The molecule has 2 rings (SSSR count). The van der Waals surface area contributed by atoms with Crippen molar-refractivity contribution in [2.45, 2.75) is 13.0 Å². The molecule has 2 heterocycles. The van der Waals surface area contributed by atoms with Gasteiger partial charge in [-0.3, -0.25) is 10.2 Å². The molecule has 96 valence electrons. The number of aromatic nitrogens is 1. The van der Waals surface area contributed by atoms with Crippen LogP contribution in [0.5, 0.6) is 0 Å². The molecule has 0 radical (unpaired) electrons. The average Bonchev–Trinajstić information content (AvgIpc) is 3.05. The lowest BCUT2D eigenvalue weighted by Gasteiger charge is -1.99. The van der Waals surface area contributed by atoms with Gasteiger partial charge in [-0.1, -0.05) is 11.2 Å². The van der Waals surface area contributed by atoms with Crippen molar-refractivity contribution in [3.8, 4) is 0 Å². The smallest absolute Gasteiger partial charge is 0.287 e. The molecule has 2 aromatic heterocycles. The highest BCUT2D eigenvalue weighted by molar-refractivity contribution is 7.09. The van der Waals surface area contributed by atoms with Gasteiger partial charge in [0.1, 0.15) is 6.61 Å². The molecule has 1 amide bonds. The van der Waals surface area contributed by atoms with E-state index in [-0.39, 0.29) is 12.3 Å². The van der Waals surface area contributed by atoms with Gasteiger partial charge in [-0.15, -0.1) is 11.3 Å². The predicted molar refractivity (Wildman–Crippen MR) is 65.8 cm³/mol. The Kier molecular flexibility index (Phi) is 4.46. The zero-order valence-electron chi connectivity index (χ0n) is 9.59. The van der Waals surface area contributed by atoms with E-state index in [1.807, 2.05) is 16.9 Å². The molecule has 0 fully saturated rings. The number of hydrogen-bond acceptors (Lipinski definition) is 6. The number of nitrogens with one attached hydrogen (secondary N) is 1. The van der Waals surface area contributed by atoms with Crippen LogP contribution in [-0.2, 0) is 17.8 Å². The van der Waals surface area contributed by atoms with Crippen molar-refractivity contribution in [2.24, 2.45) is 5.84 Å². The van der Waals surface area contributed by atoms with Crippen LogP contribution < -0.4 is 11.3 Å². The largest absolute Gasteiger partial charge is 0.373 e. The molecule has 0 spiro atoms. The second kappa shape index (κ2) is 6.29. The highest BCUT2D eigenvalue weighted by Crippen LogP contribution is 2.10. The van der Waals surface area contributed by atoms with Crippen LogP contribution >= 0.6 is 11.3 Å². The highest BCUT2D eigenvalue weighted by atomic mass is 32.1. The number of carbonyl (C=O) groups excluding carboxylic acids is 1. The standard InChI is InChI=1S/C11H13N3O3S/c12-13-11(15)10-6-8(17-14-10)7-16-4-3-9-2-1-5-18-9/h1-2,5-6H,3-4,7,12H2,(H,13,15). The molecule has 0 aliphatic carbocycles. The van der Waals surface area contributed by atoms with Crippen LogP contribution in [0.3, 0.4) is 0 Å². The molecule has 6 nitrogen and oxygen atoms in total. The quantitative estimate of drug-likeness (QED) is 0.354. The van der Waals surface area contributed by atoms with Gasteiger partial charge < -0.3 is 9.26 Å². The molecule has 0 bridgehead atoms. The van der Waals surface area contributed by atoms with Crippen LogP contribution in [0.25, 0.3) is 0 Å². The van der Waals surface area contributed by atoms with Gasteiger partial charge in [0.15, 0.2) is 11.5 Å². The Labute approximate surface area is 108 Å². The van der Waals surface area contributed by atoms with Crippen molar-refractivity contribution < 1.29 is 14.1 Å². The zero-order chi connectivity index (χ0) is 12.8. The number of ether oxygens (including phenoxy) is 1. The van der Waals surface area contributed by atoms with E-state index in [0.29, 0.717) is 12.4 Å². The minimum absolute atomic E-state index is 0.148. The maximum atomic E-state index is 11.1. The topological polar surface area (TPSA) is 90.4 Å². The van der Waals surface area contributed by atoms with Crippen LogP contribution in [0.15, 0.2) is 28.1 Å². The molecular formula is C11H13N3O3S. The van der Waals surface area contributed by atoms with Gasteiger partial charge >= 0.3 is 0 Å². The fourth-order valence-electron chi connectivity index (χ4n) is 1.36. The van der Waals surface area contributed by atoms with E-state index in [9.17, 15) is 4.79 Å². The first-order valence-corrected chi connectivity index (χ1v) is 6.24. The van der Waals surface area contributed by atoms with E-state index >= 15 is 0 Å². The lowest BCUT2D eigenvalue weighted by Crippen LogP contribution is -2.30. The Bertz CT molecular complexity index is 495. The van der Waals surface area contributed by atoms with E-state index in [4.69, 9.17) is 15.1 Å². The van der Waals surface area contributed by atoms with Crippen molar-refractivity contribution in [1.82, 2.24) is 10.6 Å². The second-order valence-corrected chi connectivity index (χ2v) is 4.57. The number of hydrogen-bond donors (Lipinski definition) is 2. The van der Waals surface area contributed by atoms with Gasteiger partial charge in [0.2, 0.25) is 0 Å². The monoisotopic (exact) mass is 267 g/mol. The second-order valence-electron chi connectivity index (χ2n) is 3.53. The maximum Gasteiger partial charge on any atom is 0.287 e. The van der Waals surface area contributed by atoms with Crippen molar-refractivity contribution >= 4 is 17.2 Å². The Hall–Kier alpha value is -1.70. The minimum atomic E-state index is -0.483. The summed E-state index contributed by atoms with van der Waals surface area (Å²) in [5.41, 5.74) is 2.13. The number of nitrogens with zero attached hydrogens (tertiary/aromatic N) is 1. The number of amides is 1. The number of thiophene rings is 1. The summed E-state index contributed by atoms with van der Waals surface area (Å²) in [7, 11) is 0. The van der Waals surface area contributed by atoms with E-state index < -0.39 is 5.91 Å². The van der Waals surface area contributed by atoms with Gasteiger partial charge in [0, 0.05) is 17.4 Å². The molecule has 0 atom stereocenters. The first-order valence-electron chi connectivity index (χ1n) is 5.36. The van der Waals surface area contributed by atoms with Crippen molar-refractivity contribution in [3.05, 3.63) is 39.9 Å². The third-order valence-electron chi connectivity index (χ3n) is 2.24. The molecule has 0 aromatic carbocycles. The van der Waals surface area contributed by atoms with Crippen LogP contribution in [0.1, 0.15) is 21.1 Å². The molecule has 7 heteroatoms. The van der Waals surface area contributed by atoms with Crippen molar-refractivity contribution in [2.75, 3.05) is 6.61 Å². The molecule has 2 aromatic rings. The minimum Gasteiger partial charge on any atom is -0.373 e. The first-order chi connectivity index (χ1) is 8.79. The summed E-state index contributed by atoms with van der Waals surface area (Å²) in [5.74, 6) is 4.99. The van der Waals surface area contributed by atoms with Gasteiger partial charge in [0.05, 0.1) is 6.61 Å². The third-order valence-corrected chi connectivity index (χ3v) is 3.18. The summed E-state index contributed by atoms with van der Waals surface area (Å²) < 4.78 is 10.4. The highest BCUT2D eigenvalue weighted by Gasteiger charge is 2.10. The molecule has 3 N–H and O–H groups in total. The Morgan fingerprint density at radius 1 is 1.61 bits per heavy atom. The molecule has 0 saturated carbocycles. The molecular weight excluding hydrogens is 254 g/mol. The summed E-state index contributed by atoms with van der Waals surface area (Å²) in [6.07, 6.45) is 0.863. The van der Waals surface area contributed by atoms with Gasteiger partial charge in [0.25, 0.3) is 5.91 Å². The normalized spacial score (nSPS) is 10.5. The number of nitrogens with two attached hydrogens (primary N) is 1. The fourth-order valence-corrected chi connectivity index (χ4v) is 2.05. The SMILES string of the molecule is NNC(=O)c1cc(COCCc2cccs2)on1. The van der Waals surface area contributed by atoms with E-state index in [0.717, 1.165) is 6.42 Å². The predicted octanol–water partition coefficient (Wildman–Crippen LogP) is 1.10. The molecule has 0 unspecified atom stereocenters. The molecule has 0 aliphatic rings. The Balaban J connectivity index is 1.73. The van der Waals surface area contributed by atoms with Gasteiger partial charge in [-0.2, -0.15) is 0 Å². The Morgan fingerprint density at radius 2 is 2.50 bits per heavy atom. The molecule has 18 heavy (non-hydrogen) atoms. The van der Waals surface area contributed by atoms with E-state index in [1.54, 1.807) is 11.3 Å². The summed E-state index contributed by atoms with van der Waals surface area (Å²) in [4.78, 5) is 12.4.